The molecule has 1 amide bonds. The molecule has 0 atom stereocenters. The first kappa shape index (κ1) is 43.0. The van der Waals surface area contributed by atoms with Crippen LogP contribution in [0.5, 0.6) is 0 Å². The van der Waals surface area contributed by atoms with Crippen molar-refractivity contribution in [3.8, 4) is 0 Å². The summed E-state index contributed by atoms with van der Waals surface area (Å²) in [7, 11) is -3.28. The average Bonchev–Trinajstić information content (AvgIpc) is 3.97. The normalized spacial score (nSPS) is 13.6. The molecule has 8 nitrogen and oxygen atoms in total. The van der Waals surface area contributed by atoms with E-state index < -0.39 is 110 Å². The van der Waals surface area contributed by atoms with Crippen molar-refractivity contribution >= 4 is 33.3 Å². The van der Waals surface area contributed by atoms with Crippen molar-refractivity contribution in [2.24, 2.45) is 0 Å². The third-order valence-electron chi connectivity index (χ3n) is 9.39. The van der Waals surface area contributed by atoms with Crippen molar-refractivity contribution in [3.05, 3.63) is 123 Å². The molecule has 0 unspecified atom stereocenters. The van der Waals surface area contributed by atoms with E-state index in [1.165, 1.54) is 19.0 Å². The molecular formula is C39H36F9N3O5S. The second kappa shape index (κ2) is 15.7. The van der Waals surface area contributed by atoms with Gasteiger partial charge in [0.2, 0.25) is 21.7 Å². The Morgan fingerprint density at radius 2 is 1.37 bits per heavy atom. The van der Waals surface area contributed by atoms with Crippen LogP contribution in [0.15, 0.2) is 59.5 Å². The molecule has 4 aromatic rings. The van der Waals surface area contributed by atoms with Crippen LogP contribution in [0.2, 0.25) is 0 Å². The molecule has 57 heavy (non-hydrogen) atoms. The molecule has 0 bridgehead atoms. The van der Waals surface area contributed by atoms with Crippen LogP contribution in [0.1, 0.15) is 77.7 Å². The number of carboxylic acids is 1. The number of carbonyl (C=O) groups is 2. The van der Waals surface area contributed by atoms with Gasteiger partial charge in [0, 0.05) is 26.7 Å². The predicted octanol–water partition coefficient (Wildman–Crippen LogP) is 8.90. The first-order valence-corrected chi connectivity index (χ1v) is 18.6. The number of anilines is 2. The Morgan fingerprint density at radius 1 is 0.789 bits per heavy atom. The quantitative estimate of drug-likeness (QED) is 0.0871. The second-order valence-electron chi connectivity index (χ2n) is 14.8. The molecule has 1 N–H and O–H groups in total. The van der Waals surface area contributed by atoms with E-state index in [4.69, 9.17) is 0 Å². The number of nitrogens with zero attached hydrogens (tertiary/aromatic N) is 3. The summed E-state index contributed by atoms with van der Waals surface area (Å²) in [5, 5.41) is 9.65. The van der Waals surface area contributed by atoms with E-state index in [0.717, 1.165) is 53.1 Å². The summed E-state index contributed by atoms with van der Waals surface area (Å²) in [5.41, 5.74) is -1.96. The molecule has 5 rings (SSSR count). The molecule has 306 valence electrons. The van der Waals surface area contributed by atoms with Crippen LogP contribution in [0.4, 0.5) is 50.9 Å². The molecule has 1 fully saturated rings. The largest absolute Gasteiger partial charge is 0.478 e. The smallest absolute Gasteiger partial charge is 0.416 e. The summed E-state index contributed by atoms with van der Waals surface area (Å²) in [6, 6.07) is 10.3. The summed E-state index contributed by atoms with van der Waals surface area (Å²) >= 11 is 0. The van der Waals surface area contributed by atoms with Crippen molar-refractivity contribution in [2.45, 2.75) is 69.1 Å². The number of carbonyl (C=O) groups excluding carboxylic acids is 1. The molecule has 0 radical (unpaired) electrons. The van der Waals surface area contributed by atoms with E-state index in [0.29, 0.717) is 17.7 Å². The fourth-order valence-electron chi connectivity index (χ4n) is 6.20. The molecule has 18 heteroatoms. The number of amides is 1. The molecule has 0 aromatic heterocycles. The number of alkyl halides is 3. The molecule has 4 aromatic carbocycles. The van der Waals surface area contributed by atoms with Crippen LogP contribution in [0.25, 0.3) is 0 Å². The minimum Gasteiger partial charge on any atom is -0.478 e. The molecule has 0 heterocycles. The van der Waals surface area contributed by atoms with Crippen LogP contribution in [0.3, 0.4) is 0 Å². The molecule has 1 aliphatic rings. The number of aromatic carboxylic acids is 1. The molecule has 1 aliphatic carbocycles. The van der Waals surface area contributed by atoms with Crippen molar-refractivity contribution in [3.63, 3.8) is 0 Å². The molecule has 0 aliphatic heterocycles. The lowest BCUT2D eigenvalue weighted by Crippen LogP contribution is -2.43. The van der Waals surface area contributed by atoms with Crippen molar-refractivity contribution < 1.29 is 62.6 Å². The van der Waals surface area contributed by atoms with Gasteiger partial charge in [0.05, 0.1) is 35.6 Å². The Balaban J connectivity index is 1.75. The molecule has 0 spiro atoms. The first-order valence-electron chi connectivity index (χ1n) is 17.2. The van der Waals surface area contributed by atoms with Gasteiger partial charge < -0.3 is 14.9 Å². The summed E-state index contributed by atoms with van der Waals surface area (Å²) in [5.74, 6) is -18.0. The zero-order valence-corrected chi connectivity index (χ0v) is 31.9. The summed E-state index contributed by atoms with van der Waals surface area (Å²) in [4.78, 5) is 26.2. The van der Waals surface area contributed by atoms with Gasteiger partial charge in [-0.15, -0.1) is 0 Å². The van der Waals surface area contributed by atoms with E-state index in [1.54, 1.807) is 12.1 Å². The van der Waals surface area contributed by atoms with Crippen LogP contribution in [-0.2, 0) is 39.5 Å². The highest BCUT2D eigenvalue weighted by Crippen LogP contribution is 2.43. The minimum atomic E-state index is -6.10. The maximum absolute atomic E-state index is 15.5. The Bertz CT molecular complexity index is 2330. The Morgan fingerprint density at radius 3 is 1.89 bits per heavy atom. The maximum atomic E-state index is 15.5. The van der Waals surface area contributed by atoms with E-state index in [-0.39, 0.29) is 21.6 Å². The number of benzene rings is 4. The highest BCUT2D eigenvalue weighted by Gasteiger charge is 2.41. The van der Waals surface area contributed by atoms with E-state index in [9.17, 15) is 49.5 Å². The number of hydrogen-bond donors (Lipinski definition) is 1. The zero-order valence-electron chi connectivity index (χ0n) is 31.0. The van der Waals surface area contributed by atoms with Crippen molar-refractivity contribution in [1.82, 2.24) is 4.31 Å². The van der Waals surface area contributed by atoms with Gasteiger partial charge in [0.1, 0.15) is 5.82 Å². The van der Waals surface area contributed by atoms with Gasteiger partial charge in [-0.3, -0.25) is 4.79 Å². The Kier molecular flexibility index (Phi) is 11.8. The monoisotopic (exact) mass is 829 g/mol. The lowest BCUT2D eigenvalue weighted by atomic mass is 9.84. The van der Waals surface area contributed by atoms with Crippen LogP contribution < -0.4 is 9.80 Å². The third-order valence-corrected chi connectivity index (χ3v) is 11.2. The molecular weight excluding hydrogens is 793 g/mol. The number of rotatable bonds is 12. The number of sulfonamides is 1. The van der Waals surface area contributed by atoms with Gasteiger partial charge in [-0.05, 0) is 58.6 Å². The van der Waals surface area contributed by atoms with Crippen molar-refractivity contribution in [2.75, 3.05) is 30.4 Å². The van der Waals surface area contributed by atoms with Gasteiger partial charge in [-0.25, -0.2) is 39.6 Å². The lowest BCUT2D eigenvalue weighted by Gasteiger charge is -2.31. The second-order valence-corrected chi connectivity index (χ2v) is 16.7. The molecule has 1 saturated carbocycles. The lowest BCUT2D eigenvalue weighted by molar-refractivity contribution is -0.138. The average molecular weight is 830 g/mol. The van der Waals surface area contributed by atoms with E-state index in [1.807, 2.05) is 26.8 Å². The van der Waals surface area contributed by atoms with Gasteiger partial charge in [0.25, 0.3) is 0 Å². The SMILES string of the molecule is CN(C)c1cc(C(=O)O)c(F)cc1N(Cc1cc(C2CC2)cc(C(C)(C)C)c1)C(=O)CN(Cc1ccccc1C(F)(F)F)S(=O)(=O)c1c(F)c(F)c(F)c(F)c1F. The van der Waals surface area contributed by atoms with Crippen LogP contribution in [-0.4, -0.2) is 50.3 Å². The highest BCUT2D eigenvalue weighted by molar-refractivity contribution is 7.89. The van der Waals surface area contributed by atoms with Gasteiger partial charge >= 0.3 is 12.1 Å². The highest BCUT2D eigenvalue weighted by atomic mass is 32.2. The molecule has 0 saturated heterocycles. The number of halogens is 9. The van der Waals surface area contributed by atoms with Gasteiger partial charge in [-0.1, -0.05) is 57.2 Å². The number of hydrogen-bond acceptors (Lipinski definition) is 5. The minimum absolute atomic E-state index is 0.104. The predicted molar refractivity (Wildman–Crippen MR) is 191 cm³/mol. The Hall–Kier alpha value is -5.10. The van der Waals surface area contributed by atoms with Gasteiger partial charge in [-0.2, -0.15) is 17.5 Å². The Labute approximate surface area is 322 Å². The summed E-state index contributed by atoms with van der Waals surface area (Å²) in [6.07, 6.45) is -3.44. The van der Waals surface area contributed by atoms with E-state index in [2.05, 4.69) is 0 Å². The van der Waals surface area contributed by atoms with Crippen LogP contribution >= 0.6 is 0 Å². The topological polar surface area (TPSA) is 98.2 Å². The van der Waals surface area contributed by atoms with E-state index >= 15 is 13.2 Å². The maximum Gasteiger partial charge on any atom is 0.416 e. The zero-order chi connectivity index (χ0) is 42.5. The third kappa shape index (κ3) is 8.91. The summed E-state index contributed by atoms with van der Waals surface area (Å²) in [6.45, 7) is 2.17. The van der Waals surface area contributed by atoms with Crippen LogP contribution in [0, 0.1) is 34.9 Å². The standard InChI is InChI=1S/C39H36F9N3O5S/c1-38(2,3)24-13-20(12-23(14-24)21-10-11-21)17-51(29-16-27(40)25(37(53)54)15-28(29)49(4)5)30(52)19-50(18-22-8-6-7-9-26(22)39(46,47)48)57(55,56)36-34(44)32(42)31(41)33(43)35(36)45/h6-9,12-16,21H,10-11,17-19H2,1-5H3,(H,53,54). The van der Waals surface area contributed by atoms with Gasteiger partial charge in [0.15, 0.2) is 28.2 Å². The summed E-state index contributed by atoms with van der Waals surface area (Å²) < 4.78 is 159. The fourth-order valence-corrected chi connectivity index (χ4v) is 7.68. The number of carboxylic acid groups (broad SMARTS) is 1. The fraction of sp³-hybridized carbons (Fsp3) is 0.333. The first-order chi connectivity index (χ1) is 26.3. The van der Waals surface area contributed by atoms with Crippen molar-refractivity contribution in [1.29, 1.82) is 0 Å².